The Morgan fingerprint density at radius 3 is 2.80 bits per heavy atom. The maximum atomic E-state index is 4.87. The van der Waals surface area contributed by atoms with Crippen molar-refractivity contribution in [2.75, 3.05) is 12.3 Å². The van der Waals surface area contributed by atoms with Gasteiger partial charge in [0.2, 0.25) is 0 Å². The summed E-state index contributed by atoms with van der Waals surface area (Å²) < 4.78 is 0. The van der Waals surface area contributed by atoms with Crippen LogP contribution in [0.3, 0.4) is 0 Å². The maximum absolute atomic E-state index is 4.87. The van der Waals surface area contributed by atoms with Crippen LogP contribution in [0.2, 0.25) is 0 Å². The average molecular weight is 304 g/mol. The number of thioether (sulfide) groups is 1. The van der Waals surface area contributed by atoms with E-state index < -0.39 is 0 Å². The number of hydrogen-bond donors (Lipinski definition) is 1. The van der Waals surface area contributed by atoms with Crippen molar-refractivity contribution in [3.05, 3.63) is 45.4 Å². The number of nitrogens with one attached hydrogen (secondary N) is 1. The topological polar surface area (TPSA) is 24.9 Å². The summed E-state index contributed by atoms with van der Waals surface area (Å²) in [6, 6.07) is 8.77. The van der Waals surface area contributed by atoms with Gasteiger partial charge in [0.15, 0.2) is 0 Å². The lowest BCUT2D eigenvalue weighted by Gasteiger charge is -2.38. The SMILES string of the molecule is CCNC1(c2nc(C)c(C)s2)CCSc2ccccc21. The molecule has 2 aromatic rings. The Labute approximate surface area is 129 Å². The predicted octanol–water partition coefficient (Wildman–Crippen LogP) is 4.11. The molecule has 0 saturated carbocycles. The molecule has 0 radical (unpaired) electrons. The highest BCUT2D eigenvalue weighted by molar-refractivity contribution is 7.99. The van der Waals surface area contributed by atoms with Crippen molar-refractivity contribution in [2.45, 2.75) is 37.6 Å². The minimum atomic E-state index is -0.0969. The van der Waals surface area contributed by atoms with Crippen molar-refractivity contribution in [1.82, 2.24) is 10.3 Å². The van der Waals surface area contributed by atoms with Crippen LogP contribution in [-0.4, -0.2) is 17.3 Å². The molecular formula is C16H20N2S2. The van der Waals surface area contributed by atoms with Crippen LogP contribution in [0.15, 0.2) is 29.2 Å². The fraction of sp³-hybridized carbons (Fsp3) is 0.438. The summed E-state index contributed by atoms with van der Waals surface area (Å²) in [5.74, 6) is 1.14. The summed E-state index contributed by atoms with van der Waals surface area (Å²) in [5.41, 5.74) is 2.46. The Morgan fingerprint density at radius 1 is 1.30 bits per heavy atom. The van der Waals surface area contributed by atoms with Crippen LogP contribution < -0.4 is 5.32 Å². The quantitative estimate of drug-likeness (QED) is 0.924. The molecule has 20 heavy (non-hydrogen) atoms. The monoisotopic (exact) mass is 304 g/mol. The van der Waals surface area contributed by atoms with E-state index in [1.54, 1.807) is 0 Å². The average Bonchev–Trinajstić information content (AvgIpc) is 2.80. The van der Waals surface area contributed by atoms with Crippen LogP contribution in [-0.2, 0) is 5.54 Å². The standard InChI is InChI=1S/C16H20N2S2/c1-4-17-16(15-18-11(2)12(3)20-15)9-10-19-14-8-6-5-7-13(14)16/h5-8,17H,4,9-10H2,1-3H3. The zero-order valence-corrected chi connectivity index (χ0v) is 13.8. The first-order valence-corrected chi connectivity index (χ1v) is 8.89. The number of rotatable bonds is 3. The van der Waals surface area contributed by atoms with Gasteiger partial charge in [-0.2, -0.15) is 0 Å². The highest BCUT2D eigenvalue weighted by Gasteiger charge is 2.40. The van der Waals surface area contributed by atoms with E-state index in [0.717, 1.165) is 24.4 Å². The molecule has 1 unspecified atom stereocenters. The Morgan fingerprint density at radius 2 is 2.10 bits per heavy atom. The molecule has 0 fully saturated rings. The van der Waals surface area contributed by atoms with Gasteiger partial charge in [-0.1, -0.05) is 25.1 Å². The van der Waals surface area contributed by atoms with Crippen molar-refractivity contribution < 1.29 is 0 Å². The van der Waals surface area contributed by atoms with Gasteiger partial charge in [0.25, 0.3) is 0 Å². The third kappa shape index (κ3) is 2.20. The highest BCUT2D eigenvalue weighted by atomic mass is 32.2. The zero-order valence-electron chi connectivity index (χ0n) is 12.2. The van der Waals surface area contributed by atoms with E-state index in [4.69, 9.17) is 4.98 Å². The van der Waals surface area contributed by atoms with E-state index in [2.05, 4.69) is 50.4 Å². The van der Waals surface area contributed by atoms with Gasteiger partial charge in [0, 0.05) is 15.5 Å². The molecule has 4 heteroatoms. The minimum absolute atomic E-state index is 0.0969. The molecule has 3 rings (SSSR count). The van der Waals surface area contributed by atoms with Crippen LogP contribution in [0.4, 0.5) is 0 Å². The van der Waals surface area contributed by atoms with Crippen molar-refractivity contribution in [3.63, 3.8) is 0 Å². The molecule has 0 amide bonds. The predicted molar refractivity (Wildman–Crippen MR) is 87.8 cm³/mol. The number of fused-ring (bicyclic) bond motifs is 1. The molecule has 2 heterocycles. The van der Waals surface area contributed by atoms with Gasteiger partial charge in [-0.25, -0.2) is 4.98 Å². The lowest BCUT2D eigenvalue weighted by atomic mass is 9.87. The van der Waals surface area contributed by atoms with Crippen molar-refractivity contribution in [3.8, 4) is 0 Å². The minimum Gasteiger partial charge on any atom is -0.302 e. The third-order valence-electron chi connectivity index (χ3n) is 3.95. The second-order valence-electron chi connectivity index (χ2n) is 5.19. The number of aromatic nitrogens is 1. The summed E-state index contributed by atoms with van der Waals surface area (Å²) in [7, 11) is 0. The van der Waals surface area contributed by atoms with Crippen LogP contribution in [0.25, 0.3) is 0 Å². The molecule has 1 aliphatic heterocycles. The van der Waals surface area contributed by atoms with E-state index in [-0.39, 0.29) is 5.54 Å². The van der Waals surface area contributed by atoms with Crippen LogP contribution in [0.1, 0.15) is 34.5 Å². The lowest BCUT2D eigenvalue weighted by Crippen LogP contribution is -2.45. The summed E-state index contributed by atoms with van der Waals surface area (Å²) >= 11 is 3.80. The van der Waals surface area contributed by atoms with Gasteiger partial charge in [-0.05, 0) is 38.4 Å². The highest BCUT2D eigenvalue weighted by Crippen LogP contribution is 2.45. The number of thiazole rings is 1. The molecule has 0 saturated heterocycles. The van der Waals surface area contributed by atoms with Gasteiger partial charge in [0.1, 0.15) is 5.01 Å². The number of benzene rings is 1. The summed E-state index contributed by atoms with van der Waals surface area (Å²) in [6.45, 7) is 7.41. The second-order valence-corrected chi connectivity index (χ2v) is 7.53. The summed E-state index contributed by atoms with van der Waals surface area (Å²) in [4.78, 5) is 7.59. The fourth-order valence-corrected chi connectivity index (χ4v) is 5.16. The Balaban J connectivity index is 2.18. The van der Waals surface area contributed by atoms with E-state index in [0.29, 0.717) is 0 Å². The van der Waals surface area contributed by atoms with Gasteiger partial charge in [-0.3, -0.25) is 0 Å². The zero-order chi connectivity index (χ0) is 14.2. The van der Waals surface area contributed by atoms with Gasteiger partial charge in [0.05, 0.1) is 11.2 Å². The van der Waals surface area contributed by atoms with E-state index >= 15 is 0 Å². The van der Waals surface area contributed by atoms with Gasteiger partial charge in [-0.15, -0.1) is 23.1 Å². The molecule has 1 N–H and O–H groups in total. The van der Waals surface area contributed by atoms with E-state index in [1.807, 2.05) is 23.1 Å². The van der Waals surface area contributed by atoms with Gasteiger partial charge >= 0.3 is 0 Å². The first-order chi connectivity index (χ1) is 9.67. The first kappa shape index (κ1) is 14.1. The second kappa shape index (κ2) is 5.51. The fourth-order valence-electron chi connectivity index (χ4n) is 2.83. The van der Waals surface area contributed by atoms with Crippen molar-refractivity contribution >= 4 is 23.1 Å². The van der Waals surface area contributed by atoms with Crippen LogP contribution >= 0.6 is 23.1 Å². The molecule has 1 aromatic carbocycles. The number of hydrogen-bond acceptors (Lipinski definition) is 4. The normalized spacial score (nSPS) is 21.8. The molecule has 0 aliphatic carbocycles. The van der Waals surface area contributed by atoms with E-state index in [9.17, 15) is 0 Å². The van der Waals surface area contributed by atoms with Crippen molar-refractivity contribution in [2.24, 2.45) is 0 Å². The number of aryl methyl sites for hydroxylation is 2. The van der Waals surface area contributed by atoms with Gasteiger partial charge < -0.3 is 5.32 Å². The third-order valence-corrected chi connectivity index (χ3v) is 6.26. The Bertz CT molecular complexity index is 601. The van der Waals surface area contributed by atoms with Crippen molar-refractivity contribution in [1.29, 1.82) is 0 Å². The number of nitrogens with zero attached hydrogens (tertiary/aromatic N) is 1. The largest absolute Gasteiger partial charge is 0.302 e. The first-order valence-electron chi connectivity index (χ1n) is 7.09. The maximum Gasteiger partial charge on any atom is 0.118 e. The lowest BCUT2D eigenvalue weighted by molar-refractivity contribution is 0.387. The molecule has 1 aliphatic rings. The summed E-state index contributed by atoms with van der Waals surface area (Å²) in [6.07, 6.45) is 1.11. The summed E-state index contributed by atoms with van der Waals surface area (Å²) in [5, 5.41) is 4.97. The molecule has 1 aromatic heterocycles. The molecule has 106 valence electrons. The van der Waals surface area contributed by atoms with Crippen LogP contribution in [0.5, 0.6) is 0 Å². The molecule has 1 atom stereocenters. The molecule has 0 spiro atoms. The molecule has 0 bridgehead atoms. The van der Waals surface area contributed by atoms with Crippen LogP contribution in [0, 0.1) is 13.8 Å². The van der Waals surface area contributed by atoms with E-state index in [1.165, 1.54) is 20.3 Å². The smallest absolute Gasteiger partial charge is 0.118 e. The Hall–Kier alpha value is -0.840. The molecule has 2 nitrogen and oxygen atoms in total. The Kier molecular flexibility index (Phi) is 3.89. The molecular weight excluding hydrogens is 284 g/mol.